The molecule has 2 aromatic rings. The van der Waals surface area contributed by atoms with Crippen molar-refractivity contribution in [3.63, 3.8) is 0 Å². The molecule has 0 aliphatic carbocycles. The van der Waals surface area contributed by atoms with Gasteiger partial charge in [-0.05, 0) is 36.3 Å². The fourth-order valence-electron chi connectivity index (χ4n) is 2.60. The van der Waals surface area contributed by atoms with Crippen molar-refractivity contribution in [1.29, 1.82) is 0 Å². The molecule has 1 fully saturated rings. The molecule has 136 valence electrons. The summed E-state index contributed by atoms with van der Waals surface area (Å²) < 4.78 is 7.04. The van der Waals surface area contributed by atoms with Crippen LogP contribution in [0.3, 0.4) is 0 Å². The van der Waals surface area contributed by atoms with Crippen LogP contribution in [0.5, 0.6) is 5.75 Å². The number of carbonyl (C=O) groups excluding carboxylic acids is 1. The van der Waals surface area contributed by atoms with Gasteiger partial charge in [0.05, 0.1) is 4.91 Å². The molecule has 0 unspecified atom stereocenters. The summed E-state index contributed by atoms with van der Waals surface area (Å²) in [6.07, 6.45) is 7.84. The number of amides is 1. The Morgan fingerprint density at radius 3 is 2.78 bits per heavy atom. The Labute approximate surface area is 176 Å². The van der Waals surface area contributed by atoms with Gasteiger partial charge in [-0.3, -0.25) is 9.69 Å². The average Bonchev–Trinajstić information content (AvgIpc) is 2.93. The van der Waals surface area contributed by atoms with Gasteiger partial charge in [-0.1, -0.05) is 76.2 Å². The first-order chi connectivity index (χ1) is 13.1. The molecule has 1 heterocycles. The van der Waals surface area contributed by atoms with Crippen molar-refractivity contribution in [3.8, 4) is 18.1 Å². The molecule has 1 aliphatic heterocycles. The summed E-state index contributed by atoms with van der Waals surface area (Å²) in [5.74, 6) is 3.00. The van der Waals surface area contributed by atoms with Crippen molar-refractivity contribution in [1.82, 2.24) is 4.90 Å². The molecule has 1 aliphatic rings. The molecule has 1 amide bonds. The van der Waals surface area contributed by atoms with E-state index < -0.39 is 0 Å². The molecule has 0 spiro atoms. The number of thioether (sulfide) groups is 1. The lowest BCUT2D eigenvalue weighted by molar-refractivity contribution is -0.122. The van der Waals surface area contributed by atoms with E-state index in [4.69, 9.17) is 23.4 Å². The summed E-state index contributed by atoms with van der Waals surface area (Å²) in [5.41, 5.74) is 1.95. The topological polar surface area (TPSA) is 29.5 Å². The molecule has 0 aromatic heterocycles. The van der Waals surface area contributed by atoms with Crippen LogP contribution in [0.25, 0.3) is 6.08 Å². The number of carbonyl (C=O) groups is 1. The normalized spacial score (nSPS) is 15.3. The lowest BCUT2D eigenvalue weighted by atomic mass is 10.1. The fourth-order valence-corrected chi connectivity index (χ4v) is 4.28. The number of benzene rings is 2. The number of ether oxygens (including phenoxy) is 1. The largest absolute Gasteiger partial charge is 0.480 e. The Hall–Kier alpha value is -2.07. The highest BCUT2D eigenvalue weighted by atomic mass is 79.9. The Bertz CT molecular complexity index is 935. The number of terminal acetylenes is 1. The third kappa shape index (κ3) is 5.01. The van der Waals surface area contributed by atoms with Crippen molar-refractivity contribution in [2.45, 2.75) is 6.42 Å². The van der Waals surface area contributed by atoms with Gasteiger partial charge in [0.15, 0.2) is 0 Å². The molecule has 3 rings (SSSR count). The Kier molecular flexibility index (Phi) is 6.73. The minimum atomic E-state index is -0.0798. The van der Waals surface area contributed by atoms with E-state index in [-0.39, 0.29) is 12.5 Å². The zero-order valence-corrected chi connectivity index (χ0v) is 17.6. The first-order valence-electron chi connectivity index (χ1n) is 8.23. The highest BCUT2D eigenvalue weighted by Crippen LogP contribution is 2.35. The molecule has 3 nitrogen and oxygen atoms in total. The smallest absolute Gasteiger partial charge is 0.266 e. The molecular formula is C21H16BrNO2S2. The van der Waals surface area contributed by atoms with E-state index in [1.54, 1.807) is 11.0 Å². The average molecular weight is 458 g/mol. The number of rotatable bonds is 6. The maximum absolute atomic E-state index is 12.8. The van der Waals surface area contributed by atoms with Crippen LogP contribution in [0.1, 0.15) is 11.1 Å². The van der Waals surface area contributed by atoms with Crippen LogP contribution >= 0.6 is 39.9 Å². The molecule has 6 heteroatoms. The second-order valence-corrected chi connectivity index (χ2v) is 8.34. The van der Waals surface area contributed by atoms with E-state index >= 15 is 0 Å². The molecule has 0 atom stereocenters. The summed E-state index contributed by atoms with van der Waals surface area (Å²) in [5, 5.41) is 0. The zero-order chi connectivity index (χ0) is 19.2. The monoisotopic (exact) mass is 457 g/mol. The molecular weight excluding hydrogens is 442 g/mol. The van der Waals surface area contributed by atoms with Crippen molar-refractivity contribution in [2.24, 2.45) is 0 Å². The second-order valence-electron chi connectivity index (χ2n) is 5.74. The molecule has 27 heavy (non-hydrogen) atoms. The lowest BCUT2D eigenvalue weighted by Crippen LogP contribution is -2.30. The number of hydrogen-bond acceptors (Lipinski definition) is 4. The van der Waals surface area contributed by atoms with E-state index in [2.05, 4.69) is 21.9 Å². The van der Waals surface area contributed by atoms with Gasteiger partial charge in [-0.25, -0.2) is 0 Å². The van der Waals surface area contributed by atoms with Gasteiger partial charge in [-0.15, -0.1) is 6.42 Å². The van der Waals surface area contributed by atoms with Gasteiger partial charge in [0.25, 0.3) is 5.91 Å². The van der Waals surface area contributed by atoms with E-state index in [9.17, 15) is 4.79 Å². The maximum Gasteiger partial charge on any atom is 0.266 e. The second kappa shape index (κ2) is 9.23. The molecule has 0 bridgehead atoms. The van der Waals surface area contributed by atoms with Crippen LogP contribution in [-0.4, -0.2) is 28.3 Å². The van der Waals surface area contributed by atoms with Gasteiger partial charge in [0, 0.05) is 16.6 Å². The van der Waals surface area contributed by atoms with Gasteiger partial charge in [0.1, 0.15) is 16.7 Å². The summed E-state index contributed by atoms with van der Waals surface area (Å²) >= 11 is 10.2. The number of hydrogen-bond donors (Lipinski definition) is 0. The minimum absolute atomic E-state index is 0.0798. The third-order valence-electron chi connectivity index (χ3n) is 3.91. The van der Waals surface area contributed by atoms with Crippen molar-refractivity contribution in [3.05, 3.63) is 69.0 Å². The van der Waals surface area contributed by atoms with Gasteiger partial charge >= 0.3 is 0 Å². The predicted octanol–water partition coefficient (Wildman–Crippen LogP) is 4.91. The first-order valence-corrected chi connectivity index (χ1v) is 10.3. The van der Waals surface area contributed by atoms with E-state index in [0.717, 1.165) is 16.5 Å². The van der Waals surface area contributed by atoms with Crippen molar-refractivity contribution < 1.29 is 9.53 Å². The minimum Gasteiger partial charge on any atom is -0.480 e. The number of thiocarbonyl (C=S) groups is 1. The molecule has 2 aromatic carbocycles. The summed E-state index contributed by atoms with van der Waals surface area (Å²) in [4.78, 5) is 15.0. The Balaban J connectivity index is 1.78. The van der Waals surface area contributed by atoms with Gasteiger partial charge < -0.3 is 4.74 Å². The lowest BCUT2D eigenvalue weighted by Gasteiger charge is -2.14. The highest BCUT2D eigenvalue weighted by Gasteiger charge is 2.31. The van der Waals surface area contributed by atoms with Crippen LogP contribution in [0.2, 0.25) is 0 Å². The summed E-state index contributed by atoms with van der Waals surface area (Å²) in [6, 6.07) is 15.6. The van der Waals surface area contributed by atoms with Crippen molar-refractivity contribution in [2.75, 3.05) is 13.2 Å². The van der Waals surface area contributed by atoms with Gasteiger partial charge in [-0.2, -0.15) is 0 Å². The summed E-state index contributed by atoms with van der Waals surface area (Å²) in [6.45, 7) is 0.728. The standard InChI is InChI=1S/C21H16BrNO2S2/c1-2-12-25-18-9-8-17(22)13-16(18)14-19-20(24)23(21(26)27-19)11-10-15-6-4-3-5-7-15/h1,3-9,13-14H,10-12H2/b19-14-. The maximum atomic E-state index is 12.8. The van der Waals surface area contributed by atoms with Crippen LogP contribution < -0.4 is 4.74 Å². The third-order valence-corrected chi connectivity index (χ3v) is 5.78. The summed E-state index contributed by atoms with van der Waals surface area (Å²) in [7, 11) is 0. The fraction of sp³-hybridized carbons (Fsp3) is 0.143. The van der Waals surface area contributed by atoms with Crippen LogP contribution in [-0.2, 0) is 11.2 Å². The zero-order valence-electron chi connectivity index (χ0n) is 14.4. The highest BCUT2D eigenvalue weighted by molar-refractivity contribution is 9.10. The Morgan fingerprint density at radius 1 is 1.26 bits per heavy atom. The first kappa shape index (κ1) is 19.7. The van der Waals surface area contributed by atoms with E-state index in [1.165, 1.54) is 17.3 Å². The SMILES string of the molecule is C#CCOc1ccc(Br)cc1/C=C1\SC(=S)N(CCc2ccccc2)C1=O. The number of nitrogens with zero attached hydrogens (tertiary/aromatic N) is 1. The van der Waals surface area contributed by atoms with Crippen LogP contribution in [0, 0.1) is 12.3 Å². The molecule has 1 saturated heterocycles. The van der Waals surface area contributed by atoms with Crippen LogP contribution in [0.4, 0.5) is 0 Å². The molecule has 0 N–H and O–H groups in total. The molecule has 0 radical (unpaired) electrons. The predicted molar refractivity (Wildman–Crippen MR) is 118 cm³/mol. The van der Waals surface area contributed by atoms with E-state index in [0.29, 0.717) is 21.5 Å². The van der Waals surface area contributed by atoms with Crippen molar-refractivity contribution >= 4 is 56.2 Å². The quantitative estimate of drug-likeness (QED) is 0.350. The van der Waals surface area contributed by atoms with Crippen LogP contribution in [0.15, 0.2) is 57.9 Å². The Morgan fingerprint density at radius 2 is 2.04 bits per heavy atom. The van der Waals surface area contributed by atoms with E-state index in [1.807, 2.05) is 48.5 Å². The van der Waals surface area contributed by atoms with Gasteiger partial charge in [0.2, 0.25) is 0 Å². The molecule has 0 saturated carbocycles. The number of halogens is 1.